The van der Waals surface area contributed by atoms with Crippen LogP contribution in [0.5, 0.6) is 5.75 Å². The van der Waals surface area contributed by atoms with Gasteiger partial charge in [0.15, 0.2) is 11.6 Å². The maximum Gasteiger partial charge on any atom is 0.251 e. The number of allylic oxidation sites excluding steroid dienone is 4. The predicted octanol–water partition coefficient (Wildman–Crippen LogP) is 13.5. The highest BCUT2D eigenvalue weighted by molar-refractivity contribution is 5.94. The fraction of sp³-hybridized carbons (Fsp3) is 0.754. The summed E-state index contributed by atoms with van der Waals surface area (Å²) < 4.78 is 17.0. The van der Waals surface area contributed by atoms with E-state index in [4.69, 9.17) is 14.2 Å². The molecule has 0 radical (unpaired) electrons. The molecule has 1 aromatic carbocycles. The first kappa shape index (κ1) is 67.1. The molecule has 0 spiro atoms. The molecule has 0 bridgehead atoms. The Morgan fingerprint density at radius 1 is 0.521 bits per heavy atom. The molecule has 0 aliphatic heterocycles. The van der Waals surface area contributed by atoms with Gasteiger partial charge >= 0.3 is 0 Å². The molecule has 0 saturated carbocycles. The number of rotatable bonds is 52. The largest absolute Gasteiger partial charge is 0.497 e. The van der Waals surface area contributed by atoms with E-state index >= 15 is 0 Å². The first-order valence-corrected chi connectivity index (χ1v) is 29.3. The number of Topliss-reactive ketones (excluding diaryl/α,β-unsaturated/α-hetero) is 2. The quantitative estimate of drug-likeness (QED) is 0.0283. The monoisotopic (exact) mass is 1020 g/mol. The normalized spacial score (nSPS) is 12.1. The predicted molar refractivity (Wildman–Crippen MR) is 301 cm³/mol. The molecule has 1 rings (SSSR count). The maximum absolute atomic E-state index is 13.5. The Morgan fingerprint density at radius 3 is 1.47 bits per heavy atom. The van der Waals surface area contributed by atoms with Crippen molar-refractivity contribution in [3.05, 3.63) is 54.1 Å². The van der Waals surface area contributed by atoms with E-state index in [-0.39, 0.29) is 55.4 Å². The Hall–Kier alpha value is -3.87. The summed E-state index contributed by atoms with van der Waals surface area (Å²) in [4.78, 5) is 64.2. The Balaban J connectivity index is 2.41. The number of methoxy groups -OCH3 is 1. The standard InChI is InChI=1S/C61H106N4O8/c1-6-8-10-12-14-16-18-20-22-24-26-28-30-32-34-36-42-59(69)65-56(52-64-58(68)41-35-33-31-29-27-25-23-21-19-17-15-13-11-9-7-2)57(67)40-38-50-73-61(3,4)72-49-37-39-54(66)51-62-47-48-63-60(70)53-43-45-55(71-5)46-44-53/h21-24,43-46,56,62H,6-20,25-42,47-52H2,1-5H3,(H,63,70)(H,64,68)(H,65,69)/b23-21-,24-22-. The average Bonchev–Trinajstić information content (AvgIpc) is 3.38. The third-order valence-corrected chi connectivity index (χ3v) is 13.1. The number of unbranched alkanes of at least 4 members (excludes halogenated alkanes) is 23. The molecule has 73 heavy (non-hydrogen) atoms. The Bertz CT molecular complexity index is 1600. The van der Waals surface area contributed by atoms with Gasteiger partial charge in [0.05, 0.1) is 26.9 Å². The summed E-state index contributed by atoms with van der Waals surface area (Å²) in [6.45, 7) is 9.86. The zero-order valence-electron chi connectivity index (χ0n) is 47.0. The summed E-state index contributed by atoms with van der Waals surface area (Å²) >= 11 is 0. The van der Waals surface area contributed by atoms with Crippen molar-refractivity contribution in [2.75, 3.05) is 46.5 Å². The van der Waals surface area contributed by atoms with Crippen LogP contribution in [-0.4, -0.2) is 87.6 Å². The lowest BCUT2D eigenvalue weighted by molar-refractivity contribution is -0.214. The van der Waals surface area contributed by atoms with Gasteiger partial charge in [-0.3, -0.25) is 24.0 Å². The summed E-state index contributed by atoms with van der Waals surface area (Å²) in [5.74, 6) is -0.762. The molecule has 0 fully saturated rings. The fourth-order valence-corrected chi connectivity index (χ4v) is 8.50. The summed E-state index contributed by atoms with van der Waals surface area (Å²) in [6.07, 6.45) is 43.9. The van der Waals surface area contributed by atoms with Gasteiger partial charge in [-0.15, -0.1) is 0 Å². The second kappa shape index (κ2) is 47.8. The number of hydrogen-bond acceptors (Lipinski definition) is 9. The van der Waals surface area contributed by atoms with E-state index in [1.165, 1.54) is 103 Å². The van der Waals surface area contributed by atoms with E-state index in [2.05, 4.69) is 59.4 Å². The number of ether oxygens (including phenoxy) is 3. The highest BCUT2D eigenvalue weighted by Crippen LogP contribution is 2.16. The van der Waals surface area contributed by atoms with Crippen molar-refractivity contribution in [1.82, 2.24) is 21.3 Å². The molecule has 1 atom stereocenters. The van der Waals surface area contributed by atoms with Crippen LogP contribution in [0.4, 0.5) is 0 Å². The number of amides is 3. The van der Waals surface area contributed by atoms with Crippen LogP contribution in [0.25, 0.3) is 0 Å². The van der Waals surface area contributed by atoms with Crippen LogP contribution in [0.3, 0.4) is 0 Å². The van der Waals surface area contributed by atoms with Crippen molar-refractivity contribution in [1.29, 1.82) is 0 Å². The molecular formula is C61H106N4O8. The van der Waals surface area contributed by atoms with Crippen LogP contribution >= 0.6 is 0 Å². The molecule has 1 aromatic rings. The zero-order chi connectivity index (χ0) is 53.3. The average molecular weight is 1020 g/mol. The van der Waals surface area contributed by atoms with Gasteiger partial charge in [0.1, 0.15) is 17.6 Å². The molecule has 418 valence electrons. The maximum atomic E-state index is 13.5. The zero-order valence-corrected chi connectivity index (χ0v) is 47.0. The molecule has 12 heteroatoms. The van der Waals surface area contributed by atoms with E-state index in [9.17, 15) is 24.0 Å². The van der Waals surface area contributed by atoms with Gasteiger partial charge in [0.2, 0.25) is 11.8 Å². The second-order valence-corrected chi connectivity index (χ2v) is 20.4. The Morgan fingerprint density at radius 2 is 0.973 bits per heavy atom. The Labute approximate surface area is 444 Å². The minimum Gasteiger partial charge on any atom is -0.497 e. The molecule has 0 aliphatic carbocycles. The lowest BCUT2D eigenvalue weighted by atomic mass is 10.1. The van der Waals surface area contributed by atoms with Crippen molar-refractivity contribution in [2.24, 2.45) is 0 Å². The summed E-state index contributed by atoms with van der Waals surface area (Å²) in [7, 11) is 1.57. The van der Waals surface area contributed by atoms with Crippen molar-refractivity contribution < 1.29 is 38.2 Å². The highest BCUT2D eigenvalue weighted by atomic mass is 16.7. The van der Waals surface area contributed by atoms with E-state index < -0.39 is 11.8 Å². The van der Waals surface area contributed by atoms with Crippen molar-refractivity contribution in [3.8, 4) is 5.75 Å². The minimum absolute atomic E-state index is 0.0473. The molecule has 12 nitrogen and oxygen atoms in total. The van der Waals surface area contributed by atoms with E-state index in [0.29, 0.717) is 63.1 Å². The van der Waals surface area contributed by atoms with E-state index in [1.54, 1.807) is 31.4 Å². The second-order valence-electron chi connectivity index (χ2n) is 20.4. The van der Waals surface area contributed by atoms with Crippen LogP contribution < -0.4 is 26.0 Å². The number of ketones is 2. The molecule has 0 aliphatic rings. The highest BCUT2D eigenvalue weighted by Gasteiger charge is 2.23. The smallest absolute Gasteiger partial charge is 0.251 e. The molecule has 4 N–H and O–H groups in total. The van der Waals surface area contributed by atoms with Gasteiger partial charge in [-0.2, -0.15) is 0 Å². The van der Waals surface area contributed by atoms with Gasteiger partial charge in [-0.25, -0.2) is 0 Å². The van der Waals surface area contributed by atoms with Gasteiger partial charge in [0, 0.05) is 50.9 Å². The molecule has 0 heterocycles. The number of nitrogens with one attached hydrogen (secondary N) is 4. The summed E-state index contributed by atoms with van der Waals surface area (Å²) in [5, 5.41) is 11.8. The first-order chi connectivity index (χ1) is 35.5. The molecule has 0 saturated heterocycles. The number of hydrogen-bond donors (Lipinski definition) is 4. The Kier molecular flexibility index (Phi) is 44.0. The lowest BCUT2D eigenvalue weighted by Gasteiger charge is -2.26. The van der Waals surface area contributed by atoms with Crippen molar-refractivity contribution in [2.45, 2.75) is 251 Å². The lowest BCUT2D eigenvalue weighted by Crippen LogP contribution is -2.48. The molecule has 0 aromatic heterocycles. The van der Waals surface area contributed by atoms with Crippen LogP contribution in [0.2, 0.25) is 0 Å². The molecule has 1 unspecified atom stereocenters. The van der Waals surface area contributed by atoms with Crippen molar-refractivity contribution in [3.63, 3.8) is 0 Å². The third-order valence-electron chi connectivity index (χ3n) is 13.1. The van der Waals surface area contributed by atoms with Crippen LogP contribution in [-0.2, 0) is 28.7 Å². The summed E-state index contributed by atoms with van der Waals surface area (Å²) in [6, 6.07) is 6.07. The number of benzene rings is 1. The minimum atomic E-state index is -0.915. The molecule has 3 amide bonds. The van der Waals surface area contributed by atoms with Gasteiger partial charge in [-0.05, 0) is 115 Å². The first-order valence-electron chi connectivity index (χ1n) is 29.3. The third kappa shape index (κ3) is 42.1. The SMILES string of the molecule is CCCCCCCC/C=C\CCCCCCCC(=O)NCC(NC(=O)CCCCCCC/C=C\CCCCCCCCC)C(=O)CCCOC(C)(C)OCCCC(=O)CNCCNC(=O)c1ccc(OC)cc1. The van der Waals surface area contributed by atoms with Crippen LogP contribution in [0, 0.1) is 0 Å². The number of carbonyl (C=O) groups is 5. The van der Waals surface area contributed by atoms with Crippen LogP contribution in [0.15, 0.2) is 48.6 Å². The van der Waals surface area contributed by atoms with Gasteiger partial charge < -0.3 is 35.5 Å². The fourth-order valence-electron chi connectivity index (χ4n) is 8.50. The van der Waals surface area contributed by atoms with Gasteiger partial charge in [-0.1, -0.05) is 147 Å². The van der Waals surface area contributed by atoms with Crippen molar-refractivity contribution >= 4 is 29.3 Å². The van der Waals surface area contributed by atoms with E-state index in [0.717, 1.165) is 70.6 Å². The molecular weight excluding hydrogens is 917 g/mol. The summed E-state index contributed by atoms with van der Waals surface area (Å²) in [5.41, 5.74) is 0.539. The van der Waals surface area contributed by atoms with E-state index in [1.807, 2.05) is 13.8 Å². The van der Waals surface area contributed by atoms with Crippen LogP contribution in [0.1, 0.15) is 250 Å². The topological polar surface area (TPSA) is 161 Å². The van der Waals surface area contributed by atoms with Gasteiger partial charge in [0.25, 0.3) is 5.91 Å². The number of carbonyl (C=O) groups excluding carboxylic acids is 5.